The third-order valence-electron chi connectivity index (χ3n) is 4.50. The minimum absolute atomic E-state index is 0.0194. The first-order valence-electron chi connectivity index (χ1n) is 6.49. The van der Waals surface area contributed by atoms with E-state index in [0.29, 0.717) is 0 Å². The number of aliphatic hydroxyl groups excluding tert-OH is 1. The van der Waals surface area contributed by atoms with Gasteiger partial charge in [0, 0.05) is 11.6 Å². The molecule has 4 nitrogen and oxygen atoms in total. The van der Waals surface area contributed by atoms with Crippen molar-refractivity contribution in [3.05, 3.63) is 30.3 Å². The molecule has 1 aromatic rings. The number of anilines is 1. The van der Waals surface area contributed by atoms with Crippen LogP contribution in [-0.4, -0.2) is 29.4 Å². The highest BCUT2D eigenvalue weighted by Crippen LogP contribution is 2.50. The number of nitrogens with zero attached hydrogens (tertiary/aromatic N) is 1. The smallest absolute Gasteiger partial charge is 0.235 e. The first-order valence-corrected chi connectivity index (χ1v) is 6.49. The summed E-state index contributed by atoms with van der Waals surface area (Å²) in [6, 6.07) is 9.41. The van der Waals surface area contributed by atoms with Crippen LogP contribution in [0, 0.1) is 11.8 Å². The molecular weight excluding hydrogens is 230 g/mol. The molecule has 0 aromatic heterocycles. The topological polar surface area (TPSA) is 49.8 Å². The number of rotatable bonds is 1. The first kappa shape index (κ1) is 10.5. The Morgan fingerprint density at radius 3 is 2.61 bits per heavy atom. The van der Waals surface area contributed by atoms with E-state index < -0.39 is 6.23 Å². The van der Waals surface area contributed by atoms with Gasteiger partial charge in [0.05, 0.1) is 18.1 Å². The lowest BCUT2D eigenvalue weighted by atomic mass is 9.81. The first-order chi connectivity index (χ1) is 8.77. The second kappa shape index (κ2) is 3.56. The number of fused-ring (bicyclic) bond motifs is 5. The minimum Gasteiger partial charge on any atom is -0.374 e. The number of carbonyl (C=O) groups is 1. The Balaban J connectivity index is 1.73. The van der Waals surface area contributed by atoms with Crippen molar-refractivity contribution < 1.29 is 14.6 Å². The van der Waals surface area contributed by atoms with Gasteiger partial charge >= 0.3 is 0 Å². The molecule has 0 radical (unpaired) electrons. The lowest BCUT2D eigenvalue weighted by molar-refractivity contribution is -0.122. The zero-order chi connectivity index (χ0) is 12.3. The Morgan fingerprint density at radius 2 is 1.89 bits per heavy atom. The Bertz CT molecular complexity index is 489. The van der Waals surface area contributed by atoms with Gasteiger partial charge in [0.15, 0.2) is 0 Å². The molecule has 3 aliphatic rings. The molecule has 1 amide bonds. The lowest BCUT2D eigenvalue weighted by Gasteiger charge is -2.25. The predicted molar refractivity (Wildman–Crippen MR) is 64.8 cm³/mol. The molecule has 1 aromatic carbocycles. The second-order valence-corrected chi connectivity index (χ2v) is 5.35. The molecule has 3 fully saturated rings. The molecule has 3 heterocycles. The summed E-state index contributed by atoms with van der Waals surface area (Å²) in [6.45, 7) is 0. The molecule has 2 bridgehead atoms. The monoisotopic (exact) mass is 245 g/mol. The van der Waals surface area contributed by atoms with Crippen molar-refractivity contribution >= 4 is 11.6 Å². The molecule has 5 atom stereocenters. The van der Waals surface area contributed by atoms with Crippen molar-refractivity contribution in [3.8, 4) is 0 Å². The number of hydrogen-bond acceptors (Lipinski definition) is 3. The van der Waals surface area contributed by atoms with Crippen LogP contribution in [0.1, 0.15) is 12.8 Å². The predicted octanol–water partition coefficient (Wildman–Crippen LogP) is 1.15. The van der Waals surface area contributed by atoms with Crippen LogP contribution in [0.3, 0.4) is 0 Å². The van der Waals surface area contributed by atoms with Crippen molar-refractivity contribution in [2.24, 2.45) is 11.8 Å². The second-order valence-electron chi connectivity index (χ2n) is 5.35. The van der Waals surface area contributed by atoms with Crippen LogP contribution >= 0.6 is 0 Å². The van der Waals surface area contributed by atoms with E-state index >= 15 is 0 Å². The number of hydrogen-bond donors (Lipinski definition) is 1. The SMILES string of the molecule is O=C1[C@H]2[C@@H](C(O)N1c1ccccc1)[C@@H]1CC[C@H]2O1. The Hall–Kier alpha value is -1.39. The zero-order valence-corrected chi connectivity index (χ0v) is 9.90. The van der Waals surface area contributed by atoms with E-state index in [-0.39, 0.29) is 30.0 Å². The molecule has 94 valence electrons. The Kier molecular flexibility index (Phi) is 2.08. The molecule has 18 heavy (non-hydrogen) atoms. The van der Waals surface area contributed by atoms with Crippen LogP contribution in [0.25, 0.3) is 0 Å². The molecule has 4 heteroatoms. The molecule has 3 aliphatic heterocycles. The lowest BCUT2D eigenvalue weighted by Crippen LogP contribution is -2.38. The number of ether oxygens (including phenoxy) is 1. The van der Waals surface area contributed by atoms with Crippen LogP contribution in [-0.2, 0) is 9.53 Å². The van der Waals surface area contributed by atoms with Crippen LogP contribution < -0.4 is 4.90 Å². The Labute approximate surface area is 105 Å². The quantitative estimate of drug-likeness (QED) is 0.807. The maximum absolute atomic E-state index is 12.5. The molecule has 0 aliphatic carbocycles. The zero-order valence-electron chi connectivity index (χ0n) is 9.90. The van der Waals surface area contributed by atoms with Crippen LogP contribution in [0.2, 0.25) is 0 Å². The van der Waals surface area contributed by atoms with Crippen molar-refractivity contribution in [1.29, 1.82) is 0 Å². The molecule has 0 saturated carbocycles. The number of carbonyl (C=O) groups excluding carboxylic acids is 1. The third kappa shape index (κ3) is 1.19. The van der Waals surface area contributed by atoms with E-state index in [9.17, 15) is 9.90 Å². The molecule has 4 rings (SSSR count). The van der Waals surface area contributed by atoms with E-state index in [1.807, 2.05) is 30.3 Å². The van der Waals surface area contributed by atoms with Gasteiger partial charge in [-0.25, -0.2) is 0 Å². The largest absolute Gasteiger partial charge is 0.374 e. The maximum Gasteiger partial charge on any atom is 0.235 e. The standard InChI is InChI=1S/C14H15NO3/c16-13-11-9-6-7-10(18-9)12(11)14(17)15(13)8-4-2-1-3-5-8/h1-5,9-13,16H,6-7H2/t9-,10+,11-,12+,13?/m0/s1. The van der Waals surface area contributed by atoms with Gasteiger partial charge in [-0.05, 0) is 25.0 Å². The average Bonchev–Trinajstić information content (AvgIpc) is 3.05. The molecule has 0 spiro atoms. The van der Waals surface area contributed by atoms with Gasteiger partial charge in [-0.1, -0.05) is 18.2 Å². The van der Waals surface area contributed by atoms with Crippen molar-refractivity contribution in [2.45, 2.75) is 31.3 Å². The summed E-state index contributed by atoms with van der Waals surface area (Å²) in [7, 11) is 0. The summed E-state index contributed by atoms with van der Waals surface area (Å²) < 4.78 is 5.76. The van der Waals surface area contributed by atoms with Crippen LogP contribution in [0.5, 0.6) is 0 Å². The van der Waals surface area contributed by atoms with E-state index in [2.05, 4.69) is 0 Å². The summed E-state index contributed by atoms with van der Waals surface area (Å²) in [5.74, 6) is -0.165. The number of amides is 1. The molecule has 1 N–H and O–H groups in total. The van der Waals surface area contributed by atoms with Gasteiger partial charge in [-0.3, -0.25) is 9.69 Å². The van der Waals surface area contributed by atoms with Gasteiger partial charge in [-0.15, -0.1) is 0 Å². The third-order valence-corrected chi connectivity index (χ3v) is 4.50. The summed E-state index contributed by atoms with van der Waals surface area (Å²) in [6.07, 6.45) is 1.27. The molecular formula is C14H15NO3. The fraction of sp³-hybridized carbons (Fsp3) is 0.500. The Morgan fingerprint density at radius 1 is 1.17 bits per heavy atom. The fourth-order valence-electron chi connectivity index (χ4n) is 3.75. The highest BCUT2D eigenvalue weighted by atomic mass is 16.5. The summed E-state index contributed by atoms with van der Waals surface area (Å²) in [5, 5.41) is 10.4. The average molecular weight is 245 g/mol. The number of benzene rings is 1. The van der Waals surface area contributed by atoms with E-state index in [0.717, 1.165) is 18.5 Å². The van der Waals surface area contributed by atoms with Gasteiger partial charge in [0.2, 0.25) is 5.91 Å². The number of aliphatic hydroxyl groups is 1. The van der Waals surface area contributed by atoms with Gasteiger partial charge in [0.25, 0.3) is 0 Å². The van der Waals surface area contributed by atoms with Crippen molar-refractivity contribution in [1.82, 2.24) is 0 Å². The van der Waals surface area contributed by atoms with Gasteiger partial charge in [0.1, 0.15) is 6.23 Å². The molecule has 3 saturated heterocycles. The maximum atomic E-state index is 12.5. The van der Waals surface area contributed by atoms with Gasteiger partial charge < -0.3 is 9.84 Å². The minimum atomic E-state index is -0.736. The van der Waals surface area contributed by atoms with Crippen LogP contribution in [0.15, 0.2) is 30.3 Å². The fourth-order valence-corrected chi connectivity index (χ4v) is 3.75. The summed E-state index contributed by atoms with van der Waals surface area (Å²) in [5.41, 5.74) is 0.781. The summed E-state index contributed by atoms with van der Waals surface area (Å²) in [4.78, 5) is 14.0. The van der Waals surface area contributed by atoms with Crippen molar-refractivity contribution in [2.75, 3.05) is 4.90 Å². The summed E-state index contributed by atoms with van der Waals surface area (Å²) >= 11 is 0. The van der Waals surface area contributed by atoms with E-state index in [1.165, 1.54) is 0 Å². The van der Waals surface area contributed by atoms with Crippen LogP contribution in [0.4, 0.5) is 5.69 Å². The van der Waals surface area contributed by atoms with Gasteiger partial charge in [-0.2, -0.15) is 0 Å². The highest BCUT2D eigenvalue weighted by molar-refractivity contribution is 5.98. The number of para-hydroxylation sites is 1. The highest BCUT2D eigenvalue weighted by Gasteiger charge is 2.62. The van der Waals surface area contributed by atoms with E-state index in [1.54, 1.807) is 4.90 Å². The van der Waals surface area contributed by atoms with E-state index in [4.69, 9.17) is 4.74 Å². The molecule has 1 unspecified atom stereocenters. The van der Waals surface area contributed by atoms with Crippen molar-refractivity contribution in [3.63, 3.8) is 0 Å². The normalized spacial score (nSPS) is 41.5.